The molecule has 5 heteroatoms. The molecule has 2 aromatic rings. The average molecular weight is 272 g/mol. The summed E-state index contributed by atoms with van der Waals surface area (Å²) in [5.41, 5.74) is 7.76. The van der Waals surface area contributed by atoms with Crippen LogP contribution in [0.25, 0.3) is 11.3 Å². The van der Waals surface area contributed by atoms with Crippen LogP contribution in [0.1, 0.15) is 38.4 Å². The Hall–Kier alpha value is -2.17. The van der Waals surface area contributed by atoms with Crippen LogP contribution in [0.4, 0.5) is 5.82 Å². The highest BCUT2D eigenvalue weighted by atomic mass is 16.5. The van der Waals surface area contributed by atoms with Crippen molar-refractivity contribution in [3.05, 3.63) is 30.1 Å². The number of benzene rings is 1. The van der Waals surface area contributed by atoms with E-state index in [0.717, 1.165) is 35.7 Å². The molecule has 106 valence electrons. The van der Waals surface area contributed by atoms with Crippen LogP contribution in [0.2, 0.25) is 0 Å². The normalized spacial score (nSPS) is 14.8. The van der Waals surface area contributed by atoms with Crippen molar-refractivity contribution in [3.63, 3.8) is 0 Å². The van der Waals surface area contributed by atoms with Crippen molar-refractivity contribution in [1.82, 2.24) is 9.66 Å². The summed E-state index contributed by atoms with van der Waals surface area (Å²) in [5, 5.41) is 0. The van der Waals surface area contributed by atoms with Gasteiger partial charge in [-0.05, 0) is 38.8 Å². The zero-order valence-electron chi connectivity index (χ0n) is 11.8. The second-order valence-corrected chi connectivity index (χ2v) is 5.54. The SMILES string of the molecule is CC(C)Oc1cccc(-c2nc(C3CC3)n(N)c2N)c1. The van der Waals surface area contributed by atoms with E-state index in [9.17, 15) is 0 Å². The van der Waals surface area contributed by atoms with Gasteiger partial charge in [0.2, 0.25) is 0 Å². The summed E-state index contributed by atoms with van der Waals surface area (Å²) in [6.45, 7) is 4.00. The number of ether oxygens (including phenoxy) is 1. The lowest BCUT2D eigenvalue weighted by atomic mass is 10.1. The Balaban J connectivity index is 1.98. The van der Waals surface area contributed by atoms with Crippen molar-refractivity contribution in [3.8, 4) is 17.0 Å². The number of hydrogen-bond acceptors (Lipinski definition) is 4. The first-order chi connectivity index (χ1) is 9.56. The van der Waals surface area contributed by atoms with Crippen LogP contribution in [0.15, 0.2) is 24.3 Å². The molecule has 4 N–H and O–H groups in total. The number of hydrogen-bond donors (Lipinski definition) is 2. The highest BCUT2D eigenvalue weighted by Gasteiger charge is 2.30. The molecule has 1 aliphatic rings. The third-order valence-electron chi connectivity index (χ3n) is 3.40. The average Bonchev–Trinajstić information content (AvgIpc) is 3.18. The molecule has 1 fully saturated rings. The smallest absolute Gasteiger partial charge is 0.150 e. The van der Waals surface area contributed by atoms with Gasteiger partial charge in [0.25, 0.3) is 0 Å². The Labute approximate surface area is 118 Å². The predicted octanol–water partition coefficient (Wildman–Crippen LogP) is 2.51. The summed E-state index contributed by atoms with van der Waals surface area (Å²) in [6, 6.07) is 7.80. The van der Waals surface area contributed by atoms with Gasteiger partial charge in [-0.1, -0.05) is 12.1 Å². The quantitative estimate of drug-likeness (QED) is 0.838. The summed E-state index contributed by atoms with van der Waals surface area (Å²) < 4.78 is 7.22. The number of nitrogens with two attached hydrogens (primary N) is 2. The van der Waals surface area contributed by atoms with Crippen LogP contribution in [0, 0.1) is 0 Å². The van der Waals surface area contributed by atoms with Gasteiger partial charge in [0.15, 0.2) is 5.82 Å². The van der Waals surface area contributed by atoms with E-state index in [1.165, 1.54) is 4.68 Å². The topological polar surface area (TPSA) is 79.1 Å². The first-order valence-corrected chi connectivity index (χ1v) is 6.96. The molecule has 0 amide bonds. The Morgan fingerprint density at radius 1 is 1.35 bits per heavy atom. The number of nitrogen functional groups attached to an aromatic ring is 2. The summed E-state index contributed by atoms with van der Waals surface area (Å²) >= 11 is 0. The Morgan fingerprint density at radius 3 is 2.75 bits per heavy atom. The van der Waals surface area contributed by atoms with Crippen molar-refractivity contribution in [2.45, 2.75) is 38.7 Å². The molecule has 1 aliphatic carbocycles. The van der Waals surface area contributed by atoms with E-state index < -0.39 is 0 Å². The molecule has 1 heterocycles. The Bertz CT molecular complexity index is 629. The van der Waals surface area contributed by atoms with Gasteiger partial charge in [0.05, 0.1) is 6.10 Å². The molecule has 1 saturated carbocycles. The van der Waals surface area contributed by atoms with Gasteiger partial charge in [0.1, 0.15) is 17.3 Å². The van der Waals surface area contributed by atoms with Crippen molar-refractivity contribution >= 4 is 5.82 Å². The molecule has 0 unspecified atom stereocenters. The van der Waals surface area contributed by atoms with Gasteiger partial charge >= 0.3 is 0 Å². The third kappa shape index (κ3) is 2.31. The Kier molecular flexibility index (Phi) is 3.04. The summed E-state index contributed by atoms with van der Waals surface area (Å²) in [7, 11) is 0. The fraction of sp³-hybridized carbons (Fsp3) is 0.400. The van der Waals surface area contributed by atoms with Crippen LogP contribution in [-0.2, 0) is 0 Å². The van der Waals surface area contributed by atoms with E-state index in [1.54, 1.807) is 0 Å². The molecule has 3 rings (SSSR count). The summed E-state index contributed by atoms with van der Waals surface area (Å²) in [5.74, 6) is 8.67. The van der Waals surface area contributed by atoms with Crippen molar-refractivity contribution in [1.29, 1.82) is 0 Å². The molecule has 0 spiro atoms. The molecule has 0 saturated heterocycles. The molecule has 1 aromatic carbocycles. The van der Waals surface area contributed by atoms with Crippen LogP contribution >= 0.6 is 0 Å². The number of imidazole rings is 1. The number of aromatic nitrogens is 2. The molecule has 0 bridgehead atoms. The first-order valence-electron chi connectivity index (χ1n) is 6.96. The zero-order chi connectivity index (χ0) is 14.3. The first kappa shape index (κ1) is 12.8. The highest BCUT2D eigenvalue weighted by molar-refractivity contribution is 5.72. The number of anilines is 1. The predicted molar refractivity (Wildman–Crippen MR) is 80.0 cm³/mol. The second-order valence-electron chi connectivity index (χ2n) is 5.54. The lowest BCUT2D eigenvalue weighted by Crippen LogP contribution is -2.14. The molecular formula is C15H20N4O. The van der Waals surface area contributed by atoms with E-state index in [1.807, 2.05) is 38.1 Å². The molecular weight excluding hydrogens is 252 g/mol. The maximum atomic E-state index is 6.09. The summed E-state index contributed by atoms with van der Waals surface area (Å²) in [4.78, 5) is 4.62. The van der Waals surface area contributed by atoms with Crippen LogP contribution in [0.5, 0.6) is 5.75 Å². The lowest BCUT2D eigenvalue weighted by Gasteiger charge is -2.10. The van der Waals surface area contributed by atoms with Crippen molar-refractivity contribution in [2.75, 3.05) is 11.6 Å². The second kappa shape index (κ2) is 4.74. The number of rotatable bonds is 4. The maximum absolute atomic E-state index is 6.09. The minimum atomic E-state index is 0.136. The molecule has 0 aliphatic heterocycles. The van der Waals surface area contributed by atoms with Crippen LogP contribution < -0.4 is 16.3 Å². The maximum Gasteiger partial charge on any atom is 0.150 e. The molecule has 0 radical (unpaired) electrons. The fourth-order valence-electron chi connectivity index (χ4n) is 2.29. The van der Waals surface area contributed by atoms with Gasteiger partial charge < -0.3 is 16.3 Å². The molecule has 0 atom stereocenters. The van der Waals surface area contributed by atoms with E-state index >= 15 is 0 Å². The summed E-state index contributed by atoms with van der Waals surface area (Å²) in [6.07, 6.45) is 2.42. The van der Waals surface area contributed by atoms with Gasteiger partial charge in [0, 0.05) is 11.5 Å². The van der Waals surface area contributed by atoms with E-state index in [0.29, 0.717) is 11.7 Å². The largest absolute Gasteiger partial charge is 0.491 e. The third-order valence-corrected chi connectivity index (χ3v) is 3.40. The highest BCUT2D eigenvalue weighted by Crippen LogP contribution is 2.41. The Morgan fingerprint density at radius 2 is 2.10 bits per heavy atom. The molecule has 5 nitrogen and oxygen atoms in total. The van der Waals surface area contributed by atoms with Crippen molar-refractivity contribution in [2.24, 2.45) is 0 Å². The number of nitrogens with zero attached hydrogens (tertiary/aromatic N) is 2. The van der Waals surface area contributed by atoms with E-state index in [-0.39, 0.29) is 6.10 Å². The monoisotopic (exact) mass is 272 g/mol. The molecule has 1 aromatic heterocycles. The minimum absolute atomic E-state index is 0.136. The van der Waals surface area contributed by atoms with Gasteiger partial charge in [-0.25, -0.2) is 9.66 Å². The standard InChI is InChI=1S/C15H20N4O/c1-9(2)20-12-5-3-4-11(8-12)13-14(16)19(17)15(18-13)10-6-7-10/h3-5,8-10H,6-7,16-17H2,1-2H3. The minimum Gasteiger partial charge on any atom is -0.491 e. The van der Waals surface area contributed by atoms with Gasteiger partial charge in [-0.15, -0.1) is 0 Å². The van der Waals surface area contributed by atoms with Crippen LogP contribution in [0.3, 0.4) is 0 Å². The van der Waals surface area contributed by atoms with Gasteiger partial charge in [-0.3, -0.25) is 0 Å². The lowest BCUT2D eigenvalue weighted by molar-refractivity contribution is 0.242. The van der Waals surface area contributed by atoms with Crippen molar-refractivity contribution < 1.29 is 4.74 Å². The zero-order valence-corrected chi connectivity index (χ0v) is 11.8. The van der Waals surface area contributed by atoms with E-state index in [2.05, 4.69) is 4.98 Å². The van der Waals surface area contributed by atoms with E-state index in [4.69, 9.17) is 16.3 Å². The van der Waals surface area contributed by atoms with Gasteiger partial charge in [-0.2, -0.15) is 0 Å². The van der Waals surface area contributed by atoms with Crippen LogP contribution in [-0.4, -0.2) is 15.8 Å². The fourth-order valence-corrected chi connectivity index (χ4v) is 2.29. The molecule has 20 heavy (non-hydrogen) atoms.